The van der Waals surface area contributed by atoms with E-state index >= 15 is 0 Å². The van der Waals surface area contributed by atoms with E-state index in [4.69, 9.17) is 5.73 Å². The number of nitrogens with two attached hydrogens (primary N) is 1. The fraction of sp³-hybridized carbons (Fsp3) is 0.0952. The second kappa shape index (κ2) is 6.11. The maximum absolute atomic E-state index is 13.2. The van der Waals surface area contributed by atoms with Crippen LogP contribution in [0, 0.1) is 0 Å². The van der Waals surface area contributed by atoms with E-state index in [1.807, 2.05) is 60.7 Å². The van der Waals surface area contributed by atoms with Crippen LogP contribution in [0.25, 0.3) is 11.1 Å². The monoisotopic (exact) mass is 342 g/mol. The Bertz CT molecular complexity index is 985. The Morgan fingerprint density at radius 1 is 0.923 bits per heavy atom. The lowest BCUT2D eigenvalue weighted by molar-refractivity contribution is -0.129. The molecule has 5 nitrogen and oxygen atoms in total. The number of benzene rings is 2. The van der Waals surface area contributed by atoms with Crippen LogP contribution in [0.4, 0.5) is 0 Å². The fourth-order valence-corrected chi connectivity index (χ4v) is 3.32. The molecule has 1 atom stereocenters. The number of carbonyl (C=O) groups is 1. The van der Waals surface area contributed by atoms with Crippen LogP contribution >= 0.6 is 0 Å². The molecule has 0 aliphatic carbocycles. The van der Waals surface area contributed by atoms with Gasteiger partial charge in [0.15, 0.2) is 11.5 Å². The van der Waals surface area contributed by atoms with E-state index in [0.717, 1.165) is 16.7 Å². The molecule has 1 aliphatic rings. The van der Waals surface area contributed by atoms with Crippen LogP contribution in [-0.4, -0.2) is 28.8 Å². The van der Waals surface area contributed by atoms with Gasteiger partial charge in [0.05, 0.1) is 0 Å². The number of carbonyl (C=O) groups excluding carboxylic acids is 1. The maximum atomic E-state index is 13.2. The van der Waals surface area contributed by atoms with Crippen molar-refractivity contribution in [3.05, 3.63) is 90.3 Å². The molecule has 26 heavy (non-hydrogen) atoms. The van der Waals surface area contributed by atoms with Gasteiger partial charge in [-0.1, -0.05) is 54.6 Å². The average Bonchev–Trinajstić information content (AvgIpc) is 2.94. The van der Waals surface area contributed by atoms with Gasteiger partial charge in [-0.3, -0.25) is 14.7 Å². The summed E-state index contributed by atoms with van der Waals surface area (Å²) in [4.78, 5) is 23.4. The summed E-state index contributed by atoms with van der Waals surface area (Å²) in [5, 5.41) is 0. The van der Waals surface area contributed by atoms with E-state index < -0.39 is 5.54 Å². The quantitative estimate of drug-likeness (QED) is 0.795. The van der Waals surface area contributed by atoms with Crippen molar-refractivity contribution in [1.82, 2.24) is 9.88 Å². The van der Waals surface area contributed by atoms with Gasteiger partial charge >= 0.3 is 0 Å². The molecule has 0 fully saturated rings. The topological polar surface area (TPSA) is 71.6 Å². The average molecular weight is 342 g/mol. The Hall–Kier alpha value is -3.47. The van der Waals surface area contributed by atoms with Crippen LogP contribution < -0.4 is 5.73 Å². The van der Waals surface area contributed by atoms with E-state index in [0.29, 0.717) is 5.56 Å². The van der Waals surface area contributed by atoms with Gasteiger partial charge in [-0.05, 0) is 28.8 Å². The van der Waals surface area contributed by atoms with E-state index in [1.165, 1.54) is 4.90 Å². The minimum absolute atomic E-state index is 0.187. The van der Waals surface area contributed by atoms with E-state index in [1.54, 1.807) is 25.5 Å². The lowest BCUT2D eigenvalue weighted by Gasteiger charge is -2.26. The molecule has 0 radical (unpaired) electrons. The minimum atomic E-state index is -1.21. The van der Waals surface area contributed by atoms with Crippen molar-refractivity contribution in [3.63, 3.8) is 0 Å². The third-order valence-corrected chi connectivity index (χ3v) is 4.71. The smallest absolute Gasteiger partial charge is 0.266 e. The summed E-state index contributed by atoms with van der Waals surface area (Å²) in [6.45, 7) is 0. The summed E-state index contributed by atoms with van der Waals surface area (Å²) in [5.74, 6) is 0.0113. The first-order valence-corrected chi connectivity index (χ1v) is 8.33. The minimum Gasteiger partial charge on any atom is -0.369 e. The SMILES string of the molecule is CN1C(=O)C(c2cccnc2)(c2cccc(-c3ccccc3)c2)N=C1N. The van der Waals surface area contributed by atoms with Crippen LogP contribution in [0.1, 0.15) is 11.1 Å². The van der Waals surface area contributed by atoms with Gasteiger partial charge in [0.25, 0.3) is 5.91 Å². The number of rotatable bonds is 3. The Labute approximate surface area is 151 Å². The Balaban J connectivity index is 1.94. The number of aliphatic imine (C=N–C) groups is 1. The molecule has 2 N–H and O–H groups in total. The molecule has 128 valence electrons. The molecule has 2 aromatic carbocycles. The second-order valence-corrected chi connectivity index (χ2v) is 6.23. The maximum Gasteiger partial charge on any atom is 0.266 e. The highest BCUT2D eigenvalue weighted by Crippen LogP contribution is 2.40. The van der Waals surface area contributed by atoms with Crippen molar-refractivity contribution in [1.29, 1.82) is 0 Å². The summed E-state index contributed by atoms with van der Waals surface area (Å²) in [7, 11) is 1.64. The molecule has 3 aromatic rings. The zero-order valence-electron chi connectivity index (χ0n) is 14.3. The fourth-order valence-electron chi connectivity index (χ4n) is 3.32. The number of amides is 1. The molecule has 5 heteroatoms. The summed E-state index contributed by atoms with van der Waals surface area (Å²) in [6.07, 6.45) is 3.34. The van der Waals surface area contributed by atoms with E-state index in [2.05, 4.69) is 9.98 Å². The first-order valence-electron chi connectivity index (χ1n) is 8.33. The predicted octanol–water partition coefficient (Wildman–Crippen LogP) is 2.78. The lowest BCUT2D eigenvalue weighted by atomic mass is 9.82. The van der Waals surface area contributed by atoms with Crippen molar-refractivity contribution in [2.45, 2.75) is 5.54 Å². The third kappa shape index (κ3) is 2.37. The molecule has 1 unspecified atom stereocenters. The Morgan fingerprint density at radius 3 is 2.31 bits per heavy atom. The molecule has 0 bridgehead atoms. The number of hydrogen-bond acceptors (Lipinski definition) is 4. The Morgan fingerprint density at radius 2 is 1.65 bits per heavy atom. The summed E-state index contributed by atoms with van der Waals surface area (Å²) in [6, 6.07) is 21.6. The number of pyridine rings is 1. The number of nitrogens with zero attached hydrogens (tertiary/aromatic N) is 3. The predicted molar refractivity (Wildman–Crippen MR) is 101 cm³/mol. The number of hydrogen-bond donors (Lipinski definition) is 1. The van der Waals surface area contributed by atoms with Crippen molar-refractivity contribution in [2.75, 3.05) is 7.05 Å². The molecular weight excluding hydrogens is 324 g/mol. The van der Waals surface area contributed by atoms with Crippen LogP contribution in [0.3, 0.4) is 0 Å². The normalized spacial score (nSPS) is 19.5. The molecule has 0 saturated carbocycles. The van der Waals surface area contributed by atoms with Gasteiger partial charge in [0.2, 0.25) is 0 Å². The first kappa shape index (κ1) is 16.0. The lowest BCUT2D eigenvalue weighted by Crippen LogP contribution is -2.41. The molecule has 0 saturated heterocycles. The molecular formula is C21H18N4O. The molecule has 1 amide bonds. The standard InChI is InChI=1S/C21H18N4O/c1-25-19(26)21(24-20(25)22,18-11-6-12-23-14-18)17-10-5-9-16(13-17)15-7-3-2-4-8-15/h2-14H,1H3,(H2,22,24). The molecule has 1 aliphatic heterocycles. The van der Waals surface area contributed by atoms with E-state index in [-0.39, 0.29) is 11.9 Å². The third-order valence-electron chi connectivity index (χ3n) is 4.71. The van der Waals surface area contributed by atoms with Gasteiger partial charge in [-0.25, -0.2) is 4.99 Å². The van der Waals surface area contributed by atoms with Crippen molar-refractivity contribution < 1.29 is 4.79 Å². The molecule has 2 heterocycles. The van der Waals surface area contributed by atoms with Crippen molar-refractivity contribution in [3.8, 4) is 11.1 Å². The summed E-state index contributed by atoms with van der Waals surface area (Å²) in [5.41, 5.74) is 8.35. The van der Waals surface area contributed by atoms with Gasteiger partial charge in [-0.2, -0.15) is 0 Å². The molecule has 1 aromatic heterocycles. The zero-order valence-corrected chi connectivity index (χ0v) is 14.3. The van der Waals surface area contributed by atoms with Gasteiger partial charge < -0.3 is 5.73 Å². The highest BCUT2D eigenvalue weighted by atomic mass is 16.2. The van der Waals surface area contributed by atoms with Crippen molar-refractivity contribution >= 4 is 11.9 Å². The van der Waals surface area contributed by atoms with Crippen LogP contribution in [0.15, 0.2) is 84.1 Å². The van der Waals surface area contributed by atoms with Gasteiger partial charge in [0.1, 0.15) is 0 Å². The molecule has 0 spiro atoms. The second-order valence-electron chi connectivity index (χ2n) is 6.23. The van der Waals surface area contributed by atoms with Crippen LogP contribution in [0.2, 0.25) is 0 Å². The molecule has 4 rings (SSSR count). The Kier molecular flexibility index (Phi) is 3.77. The summed E-state index contributed by atoms with van der Waals surface area (Å²) >= 11 is 0. The van der Waals surface area contributed by atoms with Gasteiger partial charge in [0, 0.05) is 25.0 Å². The number of aromatic nitrogens is 1. The van der Waals surface area contributed by atoms with E-state index in [9.17, 15) is 4.79 Å². The highest BCUT2D eigenvalue weighted by Gasteiger charge is 2.49. The summed E-state index contributed by atoms with van der Waals surface area (Å²) < 4.78 is 0. The number of likely N-dealkylation sites (N-methyl/N-ethyl adjacent to an activating group) is 1. The van der Waals surface area contributed by atoms with Crippen LogP contribution in [-0.2, 0) is 10.3 Å². The largest absolute Gasteiger partial charge is 0.369 e. The van der Waals surface area contributed by atoms with Crippen molar-refractivity contribution in [2.24, 2.45) is 10.7 Å². The van der Waals surface area contributed by atoms with Crippen LogP contribution in [0.5, 0.6) is 0 Å². The first-order chi connectivity index (χ1) is 12.6. The van der Waals surface area contributed by atoms with Gasteiger partial charge in [-0.15, -0.1) is 0 Å². The highest BCUT2D eigenvalue weighted by molar-refractivity contribution is 6.09. The number of guanidine groups is 1. The zero-order chi connectivity index (χ0) is 18.1.